The molecule has 0 unspecified atom stereocenters. The Kier molecular flexibility index (Phi) is 9.16. The van der Waals surface area contributed by atoms with Gasteiger partial charge in [0, 0.05) is 52.1 Å². The lowest BCUT2D eigenvalue weighted by atomic mass is 10.1. The van der Waals surface area contributed by atoms with Crippen LogP contribution in [0, 0.1) is 0 Å². The van der Waals surface area contributed by atoms with Crippen LogP contribution >= 0.6 is 0 Å². The molecule has 0 atom stereocenters. The Hall–Kier alpha value is -3.14. The number of aryl methyl sites for hydroxylation is 1. The molecule has 0 bridgehead atoms. The monoisotopic (exact) mass is 499 g/mol. The predicted octanol–water partition coefficient (Wildman–Crippen LogP) is 2.31. The zero-order chi connectivity index (χ0) is 25.3. The van der Waals surface area contributed by atoms with Crippen molar-refractivity contribution >= 4 is 11.8 Å². The van der Waals surface area contributed by atoms with Crippen molar-refractivity contribution < 1.29 is 23.6 Å². The number of benzene rings is 1. The summed E-state index contributed by atoms with van der Waals surface area (Å²) in [4.78, 5) is 35.9. The van der Waals surface area contributed by atoms with E-state index in [4.69, 9.17) is 14.0 Å². The van der Waals surface area contributed by atoms with Crippen LogP contribution in [0.1, 0.15) is 49.4 Å². The minimum Gasteiger partial charge on any atom is -0.493 e. The molecule has 3 heterocycles. The average molecular weight is 500 g/mol. The third kappa shape index (κ3) is 6.96. The van der Waals surface area contributed by atoms with E-state index >= 15 is 0 Å². The zero-order valence-electron chi connectivity index (χ0n) is 21.4. The number of hydrogen-bond donors (Lipinski definition) is 0. The molecule has 0 saturated carbocycles. The number of aromatic nitrogens is 2. The summed E-state index contributed by atoms with van der Waals surface area (Å²) in [5.41, 5.74) is 0.897. The Morgan fingerprint density at radius 2 is 1.58 bits per heavy atom. The molecule has 1 aromatic heterocycles. The molecule has 196 valence electrons. The summed E-state index contributed by atoms with van der Waals surface area (Å²) in [7, 11) is 3.18. The Morgan fingerprint density at radius 3 is 2.28 bits per heavy atom. The average Bonchev–Trinajstić information content (AvgIpc) is 3.16. The SMILES string of the molecule is COc1ccc(CC(=O)N2CCN(Cc3noc(CCC(=O)N4CCCCCC4)n3)CC2)cc1OC. The van der Waals surface area contributed by atoms with Gasteiger partial charge in [-0.3, -0.25) is 14.5 Å². The number of nitrogens with zero attached hydrogens (tertiary/aromatic N) is 5. The van der Waals surface area contributed by atoms with Gasteiger partial charge in [0.05, 0.1) is 27.2 Å². The van der Waals surface area contributed by atoms with E-state index in [0.717, 1.165) is 44.6 Å². The van der Waals surface area contributed by atoms with Crippen LogP contribution in [0.5, 0.6) is 11.5 Å². The Morgan fingerprint density at radius 1 is 0.889 bits per heavy atom. The van der Waals surface area contributed by atoms with Crippen molar-refractivity contribution in [3.05, 3.63) is 35.5 Å². The highest BCUT2D eigenvalue weighted by Gasteiger charge is 2.23. The fourth-order valence-electron chi connectivity index (χ4n) is 4.78. The standard InChI is InChI=1S/C26H37N5O5/c1-34-21-8-7-20(17-22(21)35-2)18-26(33)31-15-13-29(14-16-31)19-23-27-24(36-28-23)9-10-25(32)30-11-5-3-4-6-12-30/h7-8,17H,3-6,9-16,18-19H2,1-2H3. The molecule has 0 N–H and O–H groups in total. The maximum absolute atomic E-state index is 12.8. The molecular weight excluding hydrogens is 462 g/mol. The molecular formula is C26H37N5O5. The number of piperazine rings is 1. The van der Waals surface area contributed by atoms with Gasteiger partial charge >= 0.3 is 0 Å². The lowest BCUT2D eigenvalue weighted by Crippen LogP contribution is -2.48. The Bertz CT molecular complexity index is 1010. The lowest BCUT2D eigenvalue weighted by Gasteiger charge is -2.34. The van der Waals surface area contributed by atoms with Crippen LogP contribution in [0.2, 0.25) is 0 Å². The molecule has 0 spiro atoms. The largest absolute Gasteiger partial charge is 0.493 e. The molecule has 2 amide bonds. The van der Waals surface area contributed by atoms with Gasteiger partial charge in [0.25, 0.3) is 0 Å². The highest BCUT2D eigenvalue weighted by molar-refractivity contribution is 5.79. The first-order valence-corrected chi connectivity index (χ1v) is 12.9. The van der Waals surface area contributed by atoms with Crippen molar-refractivity contribution in [2.24, 2.45) is 0 Å². The molecule has 0 aliphatic carbocycles. The fraction of sp³-hybridized carbons (Fsp3) is 0.615. The van der Waals surface area contributed by atoms with Crippen LogP contribution in [0.25, 0.3) is 0 Å². The van der Waals surface area contributed by atoms with Gasteiger partial charge in [0.15, 0.2) is 17.3 Å². The van der Waals surface area contributed by atoms with Crippen molar-refractivity contribution in [1.82, 2.24) is 24.8 Å². The van der Waals surface area contributed by atoms with Crippen molar-refractivity contribution in [2.75, 3.05) is 53.5 Å². The van der Waals surface area contributed by atoms with Crippen molar-refractivity contribution in [3.8, 4) is 11.5 Å². The number of hydrogen-bond acceptors (Lipinski definition) is 8. The molecule has 0 radical (unpaired) electrons. The maximum Gasteiger partial charge on any atom is 0.227 e. The van der Waals surface area contributed by atoms with Crippen LogP contribution in [0.3, 0.4) is 0 Å². The Labute approximate surface area is 212 Å². The second kappa shape index (κ2) is 12.7. The first-order chi connectivity index (χ1) is 17.6. The third-order valence-corrected chi connectivity index (χ3v) is 6.91. The molecule has 1 aromatic carbocycles. The first kappa shape index (κ1) is 25.9. The lowest BCUT2D eigenvalue weighted by molar-refractivity contribution is -0.132. The summed E-state index contributed by atoms with van der Waals surface area (Å²) < 4.78 is 16.0. The maximum atomic E-state index is 12.8. The van der Waals surface area contributed by atoms with Crippen molar-refractivity contribution in [2.45, 2.75) is 51.5 Å². The van der Waals surface area contributed by atoms with Gasteiger partial charge in [-0.15, -0.1) is 0 Å². The van der Waals surface area contributed by atoms with Gasteiger partial charge in [0.1, 0.15) is 0 Å². The molecule has 2 aliphatic rings. The van der Waals surface area contributed by atoms with E-state index in [1.807, 2.05) is 28.0 Å². The van der Waals surface area contributed by atoms with Crippen LogP contribution in [0.15, 0.2) is 22.7 Å². The number of carbonyl (C=O) groups excluding carboxylic acids is 2. The topological polar surface area (TPSA) is 101 Å². The molecule has 10 heteroatoms. The summed E-state index contributed by atoms with van der Waals surface area (Å²) >= 11 is 0. The van der Waals surface area contributed by atoms with Crippen LogP contribution in [0.4, 0.5) is 0 Å². The van der Waals surface area contributed by atoms with Gasteiger partial charge in [-0.1, -0.05) is 24.1 Å². The van der Waals surface area contributed by atoms with Crippen molar-refractivity contribution in [3.63, 3.8) is 0 Å². The van der Waals surface area contributed by atoms with E-state index in [0.29, 0.717) is 62.1 Å². The highest BCUT2D eigenvalue weighted by Crippen LogP contribution is 2.28. The van der Waals surface area contributed by atoms with E-state index in [9.17, 15) is 9.59 Å². The molecule has 2 aromatic rings. The molecule has 2 aliphatic heterocycles. The number of ether oxygens (including phenoxy) is 2. The minimum absolute atomic E-state index is 0.0952. The van der Waals surface area contributed by atoms with Crippen LogP contribution < -0.4 is 9.47 Å². The normalized spacial score (nSPS) is 17.1. The summed E-state index contributed by atoms with van der Waals surface area (Å²) in [6.45, 7) is 5.08. The van der Waals surface area contributed by atoms with E-state index in [2.05, 4.69) is 15.0 Å². The number of amides is 2. The van der Waals surface area contributed by atoms with Gasteiger partial charge in [0.2, 0.25) is 17.7 Å². The number of likely N-dealkylation sites (tertiary alicyclic amines) is 1. The number of methoxy groups -OCH3 is 2. The van der Waals surface area contributed by atoms with Crippen LogP contribution in [-0.4, -0.2) is 90.1 Å². The molecule has 2 fully saturated rings. The predicted molar refractivity (Wildman–Crippen MR) is 133 cm³/mol. The minimum atomic E-state index is 0.0952. The van der Waals surface area contributed by atoms with Gasteiger partial charge in [-0.05, 0) is 30.5 Å². The second-order valence-corrected chi connectivity index (χ2v) is 9.42. The fourth-order valence-corrected chi connectivity index (χ4v) is 4.78. The summed E-state index contributed by atoms with van der Waals surface area (Å²) in [6, 6.07) is 5.57. The summed E-state index contributed by atoms with van der Waals surface area (Å²) in [6.07, 6.45) is 5.79. The summed E-state index contributed by atoms with van der Waals surface area (Å²) in [5.74, 6) is 2.67. The molecule has 2 saturated heterocycles. The van der Waals surface area contributed by atoms with Gasteiger partial charge < -0.3 is 23.8 Å². The summed E-state index contributed by atoms with van der Waals surface area (Å²) in [5, 5.41) is 4.10. The number of carbonyl (C=O) groups is 2. The van der Waals surface area contributed by atoms with Crippen LogP contribution in [-0.2, 0) is 29.0 Å². The first-order valence-electron chi connectivity index (χ1n) is 12.9. The molecule has 10 nitrogen and oxygen atoms in total. The molecule has 4 rings (SSSR count). The Balaban J connectivity index is 1.19. The van der Waals surface area contributed by atoms with Gasteiger partial charge in [-0.2, -0.15) is 4.98 Å². The van der Waals surface area contributed by atoms with E-state index in [1.165, 1.54) is 12.8 Å². The highest BCUT2D eigenvalue weighted by atomic mass is 16.5. The quantitative estimate of drug-likeness (QED) is 0.518. The number of rotatable bonds is 9. The molecule has 36 heavy (non-hydrogen) atoms. The second-order valence-electron chi connectivity index (χ2n) is 9.42. The van der Waals surface area contributed by atoms with Gasteiger partial charge in [-0.25, -0.2) is 0 Å². The van der Waals surface area contributed by atoms with E-state index in [-0.39, 0.29) is 11.8 Å². The van der Waals surface area contributed by atoms with E-state index in [1.54, 1.807) is 14.2 Å². The van der Waals surface area contributed by atoms with Crippen molar-refractivity contribution in [1.29, 1.82) is 0 Å². The third-order valence-electron chi connectivity index (χ3n) is 6.91. The van der Waals surface area contributed by atoms with E-state index < -0.39 is 0 Å². The zero-order valence-corrected chi connectivity index (χ0v) is 21.4. The smallest absolute Gasteiger partial charge is 0.227 e.